The molecule has 1 amide bonds. The van der Waals surface area contributed by atoms with Crippen LogP contribution in [-0.2, 0) is 21.0 Å². The Hall–Kier alpha value is -2.18. The molecule has 2 aliphatic rings. The van der Waals surface area contributed by atoms with Gasteiger partial charge in [0.1, 0.15) is 16.7 Å². The molecule has 2 heterocycles. The molecule has 6 heteroatoms. The molecule has 130 valence electrons. The number of benzene rings is 2. The van der Waals surface area contributed by atoms with Gasteiger partial charge in [-0.05, 0) is 30.2 Å². The third-order valence-electron chi connectivity index (χ3n) is 5.07. The lowest BCUT2D eigenvalue weighted by molar-refractivity contribution is 0.00910. The highest BCUT2D eigenvalue weighted by Crippen LogP contribution is 2.44. The van der Waals surface area contributed by atoms with Crippen LogP contribution in [0.4, 0.5) is 5.69 Å². The van der Waals surface area contributed by atoms with E-state index in [0.29, 0.717) is 25.2 Å². The topological polar surface area (TPSA) is 63.7 Å². The standard InChI is InChI=1S/C19H20N2O3S/c1-25(23,24)21-14-19(11-16-9-5-6-10-17(16)21)12-20(13-19)18(22)15-7-3-2-4-8-15/h2-10H,11-14H2,1H3. The van der Waals surface area contributed by atoms with E-state index in [-0.39, 0.29) is 11.3 Å². The number of sulfonamides is 1. The number of hydrogen-bond acceptors (Lipinski definition) is 3. The monoisotopic (exact) mass is 356 g/mol. The molecule has 0 aromatic heterocycles. The first-order valence-corrected chi connectivity index (χ1v) is 10.1. The molecule has 0 radical (unpaired) electrons. The highest BCUT2D eigenvalue weighted by molar-refractivity contribution is 7.98. The number of amides is 1. The lowest BCUT2D eigenvalue weighted by Gasteiger charge is -2.54. The molecular formula is C19H20N2O3S. The molecule has 0 aliphatic carbocycles. The minimum Gasteiger partial charge on any atom is -0.593 e. The van der Waals surface area contributed by atoms with Crippen molar-refractivity contribution in [2.45, 2.75) is 6.42 Å². The molecular weight excluding hydrogens is 336 g/mol. The Morgan fingerprint density at radius 3 is 2.36 bits per heavy atom. The highest BCUT2D eigenvalue weighted by Gasteiger charge is 2.51. The van der Waals surface area contributed by atoms with E-state index in [1.807, 2.05) is 59.5 Å². The molecule has 0 bridgehead atoms. The zero-order chi connectivity index (χ0) is 17.7. The summed E-state index contributed by atoms with van der Waals surface area (Å²) in [6.07, 6.45) is 2.04. The number of carbonyl (C=O) groups excluding carboxylic acids is 1. The van der Waals surface area contributed by atoms with Crippen molar-refractivity contribution in [2.75, 3.05) is 30.2 Å². The van der Waals surface area contributed by atoms with E-state index >= 15 is 0 Å². The summed E-state index contributed by atoms with van der Waals surface area (Å²) in [5, 5.41) is 0. The van der Waals surface area contributed by atoms with Crippen molar-refractivity contribution in [1.29, 1.82) is 0 Å². The molecule has 5 nitrogen and oxygen atoms in total. The fraction of sp³-hybridized carbons (Fsp3) is 0.316. The maximum atomic E-state index is 12.6. The molecule has 1 spiro atoms. The van der Waals surface area contributed by atoms with Gasteiger partial charge in [0.15, 0.2) is 0 Å². The molecule has 2 aromatic carbocycles. The Morgan fingerprint density at radius 2 is 1.68 bits per heavy atom. The second kappa shape index (κ2) is 5.68. The summed E-state index contributed by atoms with van der Waals surface area (Å²) in [4.78, 5) is 14.4. The maximum Gasteiger partial charge on any atom is 0.253 e. The third-order valence-corrected chi connectivity index (χ3v) is 6.19. The van der Waals surface area contributed by atoms with Gasteiger partial charge in [0.25, 0.3) is 5.91 Å². The second-order valence-corrected chi connectivity index (χ2v) is 9.01. The average molecular weight is 356 g/mol. The Labute approximate surface area is 148 Å². The number of rotatable bonds is 2. The first-order valence-electron chi connectivity index (χ1n) is 8.28. The summed E-state index contributed by atoms with van der Waals surface area (Å²) in [7, 11) is -3.35. The third kappa shape index (κ3) is 2.85. The van der Waals surface area contributed by atoms with E-state index in [1.165, 1.54) is 10.6 Å². The summed E-state index contributed by atoms with van der Waals surface area (Å²) < 4.78 is 26.0. The molecule has 25 heavy (non-hydrogen) atoms. The van der Waals surface area contributed by atoms with Crippen LogP contribution < -0.4 is 4.31 Å². The Morgan fingerprint density at radius 1 is 1.04 bits per heavy atom. The number of para-hydroxylation sites is 1. The van der Waals surface area contributed by atoms with Crippen molar-refractivity contribution in [3.63, 3.8) is 0 Å². The van der Waals surface area contributed by atoms with Gasteiger partial charge in [-0.1, -0.05) is 40.6 Å². The van der Waals surface area contributed by atoms with Crippen molar-refractivity contribution < 1.29 is 13.6 Å². The van der Waals surface area contributed by atoms with Gasteiger partial charge in [0.2, 0.25) is 0 Å². The van der Waals surface area contributed by atoms with Gasteiger partial charge >= 0.3 is 0 Å². The van der Waals surface area contributed by atoms with Crippen LogP contribution in [0, 0.1) is 5.41 Å². The largest absolute Gasteiger partial charge is 0.593 e. The summed E-state index contributed by atoms with van der Waals surface area (Å²) in [5.74, 6) is 0.0102. The molecule has 4 rings (SSSR count). The van der Waals surface area contributed by atoms with Crippen LogP contribution in [0.15, 0.2) is 54.6 Å². The normalized spacial score (nSPS) is 20.6. The number of anilines is 1. The van der Waals surface area contributed by atoms with E-state index < -0.39 is 10.4 Å². The SMILES string of the molecule is C[S+](=O)([O-])N1CC2(Cc3ccccc31)CN(C(=O)c1ccccc1)C2. The van der Waals surface area contributed by atoms with Gasteiger partial charge in [-0.3, -0.25) is 4.79 Å². The van der Waals surface area contributed by atoms with Gasteiger partial charge in [-0.2, -0.15) is 4.31 Å². The first-order chi connectivity index (χ1) is 11.9. The molecule has 2 aromatic rings. The summed E-state index contributed by atoms with van der Waals surface area (Å²) in [5.41, 5.74) is 2.28. The highest BCUT2D eigenvalue weighted by atomic mass is 32.3. The molecule has 1 fully saturated rings. The molecule has 0 N–H and O–H groups in total. The number of likely N-dealkylation sites (tertiary alicyclic amines) is 1. The maximum absolute atomic E-state index is 12.6. The van der Waals surface area contributed by atoms with Gasteiger partial charge < -0.3 is 9.45 Å². The molecule has 1 saturated heterocycles. The second-order valence-electron chi connectivity index (χ2n) is 7.10. The van der Waals surface area contributed by atoms with Crippen molar-refractivity contribution in [3.05, 3.63) is 65.7 Å². The van der Waals surface area contributed by atoms with Gasteiger partial charge in [0.05, 0.1) is 12.2 Å². The van der Waals surface area contributed by atoms with Gasteiger partial charge in [-0.15, -0.1) is 0 Å². The average Bonchev–Trinajstić information content (AvgIpc) is 2.58. The van der Waals surface area contributed by atoms with Crippen LogP contribution in [0.5, 0.6) is 0 Å². The number of nitrogens with zero attached hydrogens (tertiary/aromatic N) is 2. The predicted octanol–water partition coefficient (Wildman–Crippen LogP) is 2.37. The van der Waals surface area contributed by atoms with Crippen molar-refractivity contribution >= 4 is 22.0 Å². The lowest BCUT2D eigenvalue weighted by atomic mass is 9.72. The fourth-order valence-electron chi connectivity index (χ4n) is 3.93. The Bertz CT molecular complexity index is 856. The first kappa shape index (κ1) is 16.3. The van der Waals surface area contributed by atoms with Crippen molar-refractivity contribution in [2.24, 2.45) is 5.41 Å². The Kier molecular flexibility index (Phi) is 3.70. The molecule has 1 unspecified atom stereocenters. The summed E-state index contributed by atoms with van der Waals surface area (Å²) in [6, 6.07) is 16.8. The molecule has 2 aliphatic heterocycles. The van der Waals surface area contributed by atoms with E-state index in [4.69, 9.17) is 0 Å². The van der Waals surface area contributed by atoms with Crippen molar-refractivity contribution in [1.82, 2.24) is 4.90 Å². The Balaban J connectivity index is 1.57. The molecule has 1 atom stereocenters. The van der Waals surface area contributed by atoms with Crippen LogP contribution in [0.3, 0.4) is 0 Å². The molecule has 0 saturated carbocycles. The van der Waals surface area contributed by atoms with E-state index in [2.05, 4.69) is 0 Å². The van der Waals surface area contributed by atoms with Crippen LogP contribution >= 0.6 is 0 Å². The van der Waals surface area contributed by atoms with Crippen LogP contribution in [0.2, 0.25) is 0 Å². The summed E-state index contributed by atoms with van der Waals surface area (Å²) in [6.45, 7) is 1.60. The van der Waals surface area contributed by atoms with Gasteiger partial charge in [-0.25, -0.2) is 0 Å². The predicted molar refractivity (Wildman–Crippen MR) is 97.0 cm³/mol. The quantitative estimate of drug-likeness (QED) is 0.776. The summed E-state index contributed by atoms with van der Waals surface area (Å²) >= 11 is 0. The minimum absolute atomic E-state index is 0.0102. The zero-order valence-electron chi connectivity index (χ0n) is 14.1. The number of fused-ring (bicyclic) bond motifs is 1. The smallest absolute Gasteiger partial charge is 0.253 e. The van der Waals surface area contributed by atoms with E-state index in [9.17, 15) is 13.6 Å². The van der Waals surface area contributed by atoms with Crippen LogP contribution in [0.25, 0.3) is 0 Å². The van der Waals surface area contributed by atoms with Crippen molar-refractivity contribution in [3.8, 4) is 0 Å². The van der Waals surface area contributed by atoms with Crippen LogP contribution in [-0.4, -0.2) is 41.2 Å². The van der Waals surface area contributed by atoms with Gasteiger partial charge in [0, 0.05) is 24.1 Å². The minimum atomic E-state index is -3.35. The lowest BCUT2D eigenvalue weighted by Crippen LogP contribution is -2.65. The van der Waals surface area contributed by atoms with E-state index in [1.54, 1.807) is 0 Å². The number of carbonyl (C=O) groups is 1. The zero-order valence-corrected chi connectivity index (χ0v) is 14.9. The number of hydrogen-bond donors (Lipinski definition) is 0. The fourth-order valence-corrected chi connectivity index (χ4v) is 4.98. The van der Waals surface area contributed by atoms with E-state index in [0.717, 1.165) is 17.7 Å². The van der Waals surface area contributed by atoms with Crippen LogP contribution in [0.1, 0.15) is 15.9 Å².